The van der Waals surface area contributed by atoms with Crippen LogP contribution in [0.4, 0.5) is 0 Å². The summed E-state index contributed by atoms with van der Waals surface area (Å²) in [6.45, 7) is 11.4. The standard InChI is InChI=1S/C58H112O6/c1-6-8-9-10-11-26-33-38-43-48-56(59)62-51-55(64-58(61)50-45-40-35-30-25-21-20-22-27-31-36-41-46-53(3)4)52-63-57(60)49-44-39-34-29-24-19-17-15-13-12-14-16-18-23-28-32-37-42-47-54(5)7-2/h53-55H,6-52H2,1-5H3/t54?,55-/m0/s1. The molecule has 0 aromatic carbocycles. The summed E-state index contributed by atoms with van der Waals surface area (Å²) in [4.78, 5) is 38.0. The molecule has 0 aromatic rings. The first-order valence-electron chi connectivity index (χ1n) is 28.8. The van der Waals surface area contributed by atoms with E-state index in [1.165, 1.54) is 212 Å². The van der Waals surface area contributed by atoms with Crippen LogP contribution in [0.5, 0.6) is 0 Å². The van der Waals surface area contributed by atoms with E-state index in [9.17, 15) is 14.4 Å². The van der Waals surface area contributed by atoms with Crippen LogP contribution >= 0.6 is 0 Å². The van der Waals surface area contributed by atoms with Gasteiger partial charge >= 0.3 is 17.9 Å². The van der Waals surface area contributed by atoms with Gasteiger partial charge in [-0.1, -0.05) is 285 Å². The maximum atomic E-state index is 12.8. The van der Waals surface area contributed by atoms with Gasteiger partial charge in [-0.2, -0.15) is 0 Å². The summed E-state index contributed by atoms with van der Waals surface area (Å²) in [7, 11) is 0. The Hall–Kier alpha value is -1.59. The summed E-state index contributed by atoms with van der Waals surface area (Å²) in [6, 6.07) is 0. The van der Waals surface area contributed by atoms with Crippen molar-refractivity contribution < 1.29 is 28.6 Å². The highest BCUT2D eigenvalue weighted by molar-refractivity contribution is 5.71. The number of carbonyl (C=O) groups is 3. The molecule has 0 saturated heterocycles. The number of hydrogen-bond donors (Lipinski definition) is 0. The molecule has 6 heteroatoms. The van der Waals surface area contributed by atoms with E-state index in [0.717, 1.165) is 69.6 Å². The third kappa shape index (κ3) is 49.8. The zero-order valence-electron chi connectivity index (χ0n) is 43.9. The number of carbonyl (C=O) groups excluding carboxylic acids is 3. The van der Waals surface area contributed by atoms with Gasteiger partial charge in [-0.15, -0.1) is 0 Å². The van der Waals surface area contributed by atoms with Gasteiger partial charge < -0.3 is 14.2 Å². The van der Waals surface area contributed by atoms with Crippen LogP contribution in [0, 0.1) is 11.8 Å². The van der Waals surface area contributed by atoms with Crippen LogP contribution in [-0.2, 0) is 28.6 Å². The van der Waals surface area contributed by atoms with Crippen molar-refractivity contribution in [1.82, 2.24) is 0 Å². The minimum Gasteiger partial charge on any atom is -0.462 e. The second-order valence-corrected chi connectivity index (χ2v) is 20.6. The maximum Gasteiger partial charge on any atom is 0.306 e. The fourth-order valence-electron chi connectivity index (χ4n) is 8.84. The average molecular weight is 906 g/mol. The molecule has 2 atom stereocenters. The average Bonchev–Trinajstić information content (AvgIpc) is 3.28. The molecule has 0 heterocycles. The lowest BCUT2D eigenvalue weighted by Gasteiger charge is -2.18. The van der Waals surface area contributed by atoms with Crippen LogP contribution in [0.15, 0.2) is 0 Å². The van der Waals surface area contributed by atoms with E-state index in [-0.39, 0.29) is 31.1 Å². The highest BCUT2D eigenvalue weighted by Gasteiger charge is 2.19. The number of hydrogen-bond acceptors (Lipinski definition) is 6. The Labute approximate surface area is 399 Å². The summed E-state index contributed by atoms with van der Waals surface area (Å²) < 4.78 is 16.8. The Balaban J connectivity index is 4.17. The molecule has 0 amide bonds. The number of esters is 3. The van der Waals surface area contributed by atoms with E-state index in [4.69, 9.17) is 14.2 Å². The van der Waals surface area contributed by atoms with Crippen molar-refractivity contribution in [3.05, 3.63) is 0 Å². The molecule has 380 valence electrons. The molecule has 0 aromatic heterocycles. The fraction of sp³-hybridized carbons (Fsp3) is 0.948. The lowest BCUT2D eigenvalue weighted by atomic mass is 9.99. The van der Waals surface area contributed by atoms with Gasteiger partial charge in [0.1, 0.15) is 13.2 Å². The van der Waals surface area contributed by atoms with E-state index in [1.807, 2.05) is 0 Å². The van der Waals surface area contributed by atoms with Gasteiger partial charge in [-0.25, -0.2) is 0 Å². The van der Waals surface area contributed by atoms with Crippen LogP contribution in [0.3, 0.4) is 0 Å². The largest absolute Gasteiger partial charge is 0.462 e. The normalized spacial score (nSPS) is 12.5. The van der Waals surface area contributed by atoms with Gasteiger partial charge in [-0.05, 0) is 31.1 Å². The van der Waals surface area contributed by atoms with E-state index in [2.05, 4.69) is 34.6 Å². The Morgan fingerprint density at radius 3 is 0.891 bits per heavy atom. The van der Waals surface area contributed by atoms with Crippen LogP contribution in [0.2, 0.25) is 0 Å². The second-order valence-electron chi connectivity index (χ2n) is 20.6. The maximum absolute atomic E-state index is 12.8. The Morgan fingerprint density at radius 2 is 0.594 bits per heavy atom. The molecular weight excluding hydrogens is 793 g/mol. The monoisotopic (exact) mass is 905 g/mol. The predicted octanol–water partition coefficient (Wildman–Crippen LogP) is 18.9. The van der Waals surface area contributed by atoms with Gasteiger partial charge in [0.2, 0.25) is 0 Å². The van der Waals surface area contributed by atoms with Crippen molar-refractivity contribution in [2.75, 3.05) is 13.2 Å². The number of unbranched alkanes of at least 4 members (excludes halogenated alkanes) is 36. The third-order valence-corrected chi connectivity index (χ3v) is 13.6. The quantitative estimate of drug-likeness (QED) is 0.0344. The van der Waals surface area contributed by atoms with E-state index < -0.39 is 6.10 Å². The molecular formula is C58H112O6. The zero-order chi connectivity index (χ0) is 46.8. The summed E-state index contributed by atoms with van der Waals surface area (Å²) in [5.74, 6) is 0.898. The highest BCUT2D eigenvalue weighted by Crippen LogP contribution is 2.19. The third-order valence-electron chi connectivity index (χ3n) is 13.6. The van der Waals surface area contributed by atoms with Crippen LogP contribution in [-0.4, -0.2) is 37.2 Å². The molecule has 64 heavy (non-hydrogen) atoms. The molecule has 0 fully saturated rings. The molecule has 0 saturated carbocycles. The number of ether oxygens (including phenoxy) is 3. The molecule has 0 bridgehead atoms. The van der Waals surface area contributed by atoms with Crippen molar-refractivity contribution in [2.24, 2.45) is 11.8 Å². The lowest BCUT2D eigenvalue weighted by molar-refractivity contribution is -0.167. The summed E-state index contributed by atoms with van der Waals surface area (Å²) >= 11 is 0. The SMILES string of the molecule is CCCCCCCCCCCC(=O)OC[C@@H](COC(=O)CCCCCCCCCCCCCCCCCCCCC(C)CC)OC(=O)CCCCCCCCCCCCCCC(C)C. The van der Waals surface area contributed by atoms with Crippen LogP contribution in [0.1, 0.15) is 324 Å². The second kappa shape index (κ2) is 50.8. The smallest absolute Gasteiger partial charge is 0.306 e. The van der Waals surface area contributed by atoms with Gasteiger partial charge in [0.05, 0.1) is 0 Å². The number of rotatable bonds is 52. The Kier molecular flexibility index (Phi) is 49.6. The molecule has 6 nitrogen and oxygen atoms in total. The van der Waals surface area contributed by atoms with Crippen molar-refractivity contribution in [2.45, 2.75) is 330 Å². The van der Waals surface area contributed by atoms with Gasteiger partial charge in [0.15, 0.2) is 6.10 Å². The Bertz CT molecular complexity index is 980. The lowest BCUT2D eigenvalue weighted by Crippen LogP contribution is -2.30. The van der Waals surface area contributed by atoms with E-state index in [1.54, 1.807) is 0 Å². The van der Waals surface area contributed by atoms with E-state index >= 15 is 0 Å². The summed E-state index contributed by atoms with van der Waals surface area (Å²) in [5, 5.41) is 0. The first kappa shape index (κ1) is 62.4. The van der Waals surface area contributed by atoms with Crippen LogP contribution in [0.25, 0.3) is 0 Å². The van der Waals surface area contributed by atoms with Crippen molar-refractivity contribution in [1.29, 1.82) is 0 Å². The molecule has 0 rings (SSSR count). The molecule has 1 unspecified atom stereocenters. The summed E-state index contributed by atoms with van der Waals surface area (Å²) in [5.41, 5.74) is 0. The molecule has 0 radical (unpaired) electrons. The topological polar surface area (TPSA) is 78.9 Å². The van der Waals surface area contributed by atoms with Gasteiger partial charge in [0.25, 0.3) is 0 Å². The van der Waals surface area contributed by atoms with E-state index in [0.29, 0.717) is 19.3 Å². The highest BCUT2D eigenvalue weighted by atomic mass is 16.6. The van der Waals surface area contributed by atoms with Crippen molar-refractivity contribution in [3.8, 4) is 0 Å². The first-order chi connectivity index (χ1) is 31.3. The molecule has 0 N–H and O–H groups in total. The van der Waals surface area contributed by atoms with Crippen LogP contribution < -0.4 is 0 Å². The van der Waals surface area contributed by atoms with Crippen molar-refractivity contribution in [3.63, 3.8) is 0 Å². The van der Waals surface area contributed by atoms with Gasteiger partial charge in [0, 0.05) is 19.3 Å². The zero-order valence-corrected chi connectivity index (χ0v) is 43.9. The predicted molar refractivity (Wildman–Crippen MR) is 275 cm³/mol. The molecule has 0 aliphatic rings. The molecule has 0 spiro atoms. The fourth-order valence-corrected chi connectivity index (χ4v) is 8.84. The minimum atomic E-state index is -0.761. The van der Waals surface area contributed by atoms with Crippen molar-refractivity contribution >= 4 is 17.9 Å². The summed E-state index contributed by atoms with van der Waals surface area (Å²) in [6.07, 6.45) is 53.8. The minimum absolute atomic E-state index is 0.0629. The van der Waals surface area contributed by atoms with Gasteiger partial charge in [-0.3, -0.25) is 14.4 Å². The molecule has 0 aliphatic carbocycles. The Morgan fingerprint density at radius 1 is 0.328 bits per heavy atom. The first-order valence-corrected chi connectivity index (χ1v) is 28.8. The molecule has 0 aliphatic heterocycles.